The molecule has 1 aromatic carbocycles. The van der Waals surface area contributed by atoms with Crippen LogP contribution in [0.3, 0.4) is 0 Å². The summed E-state index contributed by atoms with van der Waals surface area (Å²) in [6.45, 7) is 2.11. The highest BCUT2D eigenvalue weighted by atomic mass is 19.1. The third kappa shape index (κ3) is 2.71. The maximum atomic E-state index is 13.7. The second kappa shape index (κ2) is 5.68. The van der Waals surface area contributed by atoms with Gasteiger partial charge in [-0.05, 0) is 24.3 Å². The van der Waals surface area contributed by atoms with Crippen molar-refractivity contribution < 1.29 is 13.5 Å². The summed E-state index contributed by atoms with van der Waals surface area (Å²) in [7, 11) is 0. The topological polar surface area (TPSA) is 41.1 Å². The maximum Gasteiger partial charge on any atom is 0.127 e. The molecule has 4 nitrogen and oxygen atoms in total. The fraction of sp³-hybridized carbons (Fsp3) is 0.357. The van der Waals surface area contributed by atoms with Gasteiger partial charge in [-0.2, -0.15) is 5.10 Å². The van der Waals surface area contributed by atoms with Crippen molar-refractivity contribution in [3.63, 3.8) is 0 Å². The van der Waals surface area contributed by atoms with Crippen molar-refractivity contribution in [3.05, 3.63) is 53.4 Å². The Hall–Kier alpha value is -1.79. The van der Waals surface area contributed by atoms with Gasteiger partial charge in [0.1, 0.15) is 11.6 Å². The molecule has 0 amide bonds. The molecule has 0 aliphatic carbocycles. The molecule has 1 unspecified atom stereocenters. The van der Waals surface area contributed by atoms with Crippen LogP contribution in [0.4, 0.5) is 8.78 Å². The van der Waals surface area contributed by atoms with Gasteiger partial charge < -0.3 is 4.74 Å². The Kier molecular flexibility index (Phi) is 3.75. The fourth-order valence-corrected chi connectivity index (χ4v) is 2.45. The third-order valence-electron chi connectivity index (χ3n) is 3.50. The summed E-state index contributed by atoms with van der Waals surface area (Å²) in [5.74, 6) is -0.811. The van der Waals surface area contributed by atoms with Crippen LogP contribution < -0.4 is 0 Å². The zero-order valence-corrected chi connectivity index (χ0v) is 10.9. The SMILES string of the molecule is Fc1ccc(F)c(CN2CCOCC2c2ccn[nH]2)c1. The molecule has 1 aliphatic heterocycles. The number of H-pyrrole nitrogens is 1. The fourth-order valence-electron chi connectivity index (χ4n) is 2.45. The number of halogens is 2. The molecule has 3 rings (SSSR count). The van der Waals surface area contributed by atoms with Crippen LogP contribution in [0.1, 0.15) is 17.3 Å². The van der Waals surface area contributed by atoms with E-state index in [-0.39, 0.29) is 11.9 Å². The lowest BCUT2D eigenvalue weighted by Crippen LogP contribution is -2.39. The van der Waals surface area contributed by atoms with Crippen molar-refractivity contribution in [2.45, 2.75) is 12.6 Å². The number of benzene rings is 1. The van der Waals surface area contributed by atoms with Crippen LogP contribution in [0.25, 0.3) is 0 Å². The highest BCUT2D eigenvalue weighted by molar-refractivity contribution is 5.19. The van der Waals surface area contributed by atoms with Crippen LogP contribution in [0.15, 0.2) is 30.5 Å². The predicted molar refractivity (Wildman–Crippen MR) is 68.9 cm³/mol. The van der Waals surface area contributed by atoms with E-state index < -0.39 is 5.82 Å². The van der Waals surface area contributed by atoms with Gasteiger partial charge in [-0.25, -0.2) is 8.78 Å². The van der Waals surface area contributed by atoms with E-state index in [0.717, 1.165) is 17.8 Å². The third-order valence-corrected chi connectivity index (χ3v) is 3.50. The number of hydrogen-bond acceptors (Lipinski definition) is 3. The van der Waals surface area contributed by atoms with Gasteiger partial charge in [0.25, 0.3) is 0 Å². The molecular weight excluding hydrogens is 264 g/mol. The van der Waals surface area contributed by atoms with Gasteiger partial charge in [0.05, 0.1) is 24.9 Å². The molecule has 6 heteroatoms. The molecule has 106 valence electrons. The zero-order chi connectivity index (χ0) is 13.9. The number of hydrogen-bond donors (Lipinski definition) is 1. The molecule has 1 aliphatic rings. The number of nitrogens with zero attached hydrogens (tertiary/aromatic N) is 2. The average molecular weight is 279 g/mol. The lowest BCUT2D eigenvalue weighted by atomic mass is 10.1. The molecule has 0 spiro atoms. The molecule has 0 saturated carbocycles. The molecule has 0 radical (unpaired) electrons. The number of aromatic nitrogens is 2. The van der Waals surface area contributed by atoms with Gasteiger partial charge in [0, 0.05) is 24.8 Å². The summed E-state index contributed by atoms with van der Waals surface area (Å²) < 4.78 is 32.5. The lowest BCUT2D eigenvalue weighted by Gasteiger charge is -2.34. The molecule has 2 aromatic rings. The van der Waals surface area contributed by atoms with Crippen molar-refractivity contribution in [2.75, 3.05) is 19.8 Å². The largest absolute Gasteiger partial charge is 0.378 e. The van der Waals surface area contributed by atoms with Crippen molar-refractivity contribution in [2.24, 2.45) is 0 Å². The van der Waals surface area contributed by atoms with Gasteiger partial charge in [0.2, 0.25) is 0 Å². The van der Waals surface area contributed by atoms with E-state index in [1.165, 1.54) is 6.07 Å². The van der Waals surface area contributed by atoms with Crippen molar-refractivity contribution in [3.8, 4) is 0 Å². The van der Waals surface area contributed by atoms with Crippen LogP contribution in [-0.2, 0) is 11.3 Å². The van der Waals surface area contributed by atoms with Crippen LogP contribution in [0, 0.1) is 11.6 Å². The van der Waals surface area contributed by atoms with Crippen LogP contribution in [-0.4, -0.2) is 34.9 Å². The Labute approximate surface area is 115 Å². The lowest BCUT2D eigenvalue weighted by molar-refractivity contribution is -0.0147. The Morgan fingerprint density at radius 3 is 3.05 bits per heavy atom. The molecule has 1 atom stereocenters. The second-order valence-corrected chi connectivity index (χ2v) is 4.81. The van der Waals surface area contributed by atoms with Gasteiger partial charge >= 0.3 is 0 Å². The van der Waals surface area contributed by atoms with Crippen molar-refractivity contribution in [1.29, 1.82) is 0 Å². The first kappa shape index (κ1) is 13.2. The normalized spacial score (nSPS) is 20.2. The maximum absolute atomic E-state index is 13.7. The first-order valence-electron chi connectivity index (χ1n) is 6.49. The number of rotatable bonds is 3. The van der Waals surface area contributed by atoms with Gasteiger partial charge in [0.15, 0.2) is 0 Å². The van der Waals surface area contributed by atoms with Gasteiger partial charge in [-0.1, -0.05) is 0 Å². The van der Waals surface area contributed by atoms with Crippen LogP contribution in [0.5, 0.6) is 0 Å². The summed E-state index contributed by atoms with van der Waals surface area (Å²) in [4.78, 5) is 2.06. The predicted octanol–water partition coefficient (Wildman–Crippen LogP) is 2.26. The zero-order valence-electron chi connectivity index (χ0n) is 10.9. The highest BCUT2D eigenvalue weighted by Gasteiger charge is 2.26. The second-order valence-electron chi connectivity index (χ2n) is 4.81. The Bertz CT molecular complexity index is 574. The van der Waals surface area contributed by atoms with E-state index in [9.17, 15) is 8.78 Å². The minimum Gasteiger partial charge on any atom is -0.378 e. The summed E-state index contributed by atoms with van der Waals surface area (Å²) >= 11 is 0. The Balaban J connectivity index is 1.82. The van der Waals surface area contributed by atoms with E-state index >= 15 is 0 Å². The summed E-state index contributed by atoms with van der Waals surface area (Å²) in [6, 6.07) is 5.39. The average Bonchev–Trinajstić information content (AvgIpc) is 2.97. The van der Waals surface area contributed by atoms with Gasteiger partial charge in [-0.15, -0.1) is 0 Å². The quantitative estimate of drug-likeness (QED) is 0.937. The first-order chi connectivity index (χ1) is 9.74. The number of ether oxygens (including phenoxy) is 1. The van der Waals surface area contributed by atoms with E-state index in [4.69, 9.17) is 4.74 Å². The molecule has 1 aromatic heterocycles. The Morgan fingerprint density at radius 2 is 2.25 bits per heavy atom. The Morgan fingerprint density at radius 1 is 1.35 bits per heavy atom. The summed E-state index contributed by atoms with van der Waals surface area (Å²) in [5, 5.41) is 6.84. The summed E-state index contributed by atoms with van der Waals surface area (Å²) in [6.07, 6.45) is 1.67. The first-order valence-corrected chi connectivity index (χ1v) is 6.49. The molecule has 1 fully saturated rings. The minimum atomic E-state index is -0.423. The molecular formula is C14H15F2N3O. The highest BCUT2D eigenvalue weighted by Crippen LogP contribution is 2.25. The van der Waals surface area contributed by atoms with Crippen molar-refractivity contribution in [1.82, 2.24) is 15.1 Å². The summed E-state index contributed by atoms with van der Waals surface area (Å²) in [5.41, 5.74) is 1.28. The van der Waals surface area contributed by atoms with E-state index in [1.54, 1.807) is 6.20 Å². The number of nitrogens with one attached hydrogen (secondary N) is 1. The molecule has 1 saturated heterocycles. The molecule has 2 heterocycles. The number of morpholine rings is 1. The monoisotopic (exact) mass is 279 g/mol. The van der Waals surface area contributed by atoms with Crippen molar-refractivity contribution >= 4 is 0 Å². The van der Waals surface area contributed by atoms with Crippen LogP contribution >= 0.6 is 0 Å². The van der Waals surface area contributed by atoms with Gasteiger partial charge in [-0.3, -0.25) is 10.00 Å². The standard InChI is InChI=1S/C14H15F2N3O/c15-11-1-2-12(16)10(7-11)8-19-5-6-20-9-14(19)13-3-4-17-18-13/h1-4,7,14H,5-6,8-9H2,(H,17,18). The molecule has 0 bridgehead atoms. The molecule has 20 heavy (non-hydrogen) atoms. The number of aromatic amines is 1. The van der Waals surface area contributed by atoms with E-state index in [2.05, 4.69) is 15.1 Å². The van der Waals surface area contributed by atoms with Crippen LogP contribution in [0.2, 0.25) is 0 Å². The minimum absolute atomic E-state index is 0.0195. The molecule has 1 N–H and O–H groups in total. The van der Waals surface area contributed by atoms with E-state index in [1.807, 2.05) is 6.07 Å². The van der Waals surface area contributed by atoms with E-state index in [0.29, 0.717) is 31.9 Å². The smallest absolute Gasteiger partial charge is 0.127 e.